The smallest absolute Gasteiger partial charge is 0.132 e. The van der Waals surface area contributed by atoms with Gasteiger partial charge in [-0.25, -0.2) is 0 Å². The van der Waals surface area contributed by atoms with Gasteiger partial charge in [0.1, 0.15) is 29.9 Å². The fourth-order valence-corrected chi connectivity index (χ4v) is 5.03. The zero-order chi connectivity index (χ0) is 24.3. The van der Waals surface area contributed by atoms with E-state index in [1.807, 2.05) is 91.0 Å². The van der Waals surface area contributed by atoms with E-state index in [2.05, 4.69) is 6.92 Å². The van der Waals surface area contributed by atoms with E-state index >= 15 is 0 Å². The van der Waals surface area contributed by atoms with Crippen LogP contribution in [0.3, 0.4) is 0 Å². The molecule has 1 aliphatic rings. The van der Waals surface area contributed by atoms with Gasteiger partial charge < -0.3 is 24.1 Å². The molecule has 35 heavy (non-hydrogen) atoms. The van der Waals surface area contributed by atoms with Crippen molar-refractivity contribution in [2.24, 2.45) is 0 Å². The van der Waals surface area contributed by atoms with Crippen LogP contribution in [0.25, 0.3) is 0 Å². The summed E-state index contributed by atoms with van der Waals surface area (Å²) in [7, 11) is 0. The van der Waals surface area contributed by atoms with Gasteiger partial charge in [0.25, 0.3) is 0 Å². The Labute approximate surface area is 212 Å². The highest BCUT2D eigenvalue weighted by Gasteiger charge is 2.47. The van der Waals surface area contributed by atoms with Crippen LogP contribution in [0.2, 0.25) is 0 Å². The number of benzene rings is 3. The van der Waals surface area contributed by atoms with Gasteiger partial charge in [-0.05, 0) is 22.4 Å². The summed E-state index contributed by atoms with van der Waals surface area (Å²) in [5.41, 5.74) is 2.78. The summed E-state index contributed by atoms with van der Waals surface area (Å²) in [6.45, 7) is 3.66. The fourth-order valence-electron chi connectivity index (χ4n) is 4.12. The average molecular weight is 495 g/mol. The Morgan fingerprint density at radius 1 is 0.714 bits per heavy atom. The molecule has 1 saturated heterocycles. The minimum atomic E-state index is -0.824. The first-order valence-corrected chi connectivity index (χ1v) is 13.2. The molecule has 4 rings (SSSR count). The molecule has 5 nitrogen and oxygen atoms in total. The van der Waals surface area contributed by atoms with Gasteiger partial charge in [0.05, 0.1) is 26.4 Å². The molecule has 3 aromatic rings. The van der Waals surface area contributed by atoms with Crippen LogP contribution in [0.5, 0.6) is 0 Å². The molecule has 1 aliphatic heterocycles. The van der Waals surface area contributed by atoms with Crippen LogP contribution in [-0.4, -0.2) is 47.3 Å². The van der Waals surface area contributed by atoms with Gasteiger partial charge in [0.2, 0.25) is 0 Å². The molecule has 1 N–H and O–H groups in total. The molecular formula is C29H34O5S. The second-order valence-electron chi connectivity index (χ2n) is 8.51. The third-order valence-corrected chi connectivity index (χ3v) is 6.96. The van der Waals surface area contributed by atoms with Gasteiger partial charge in [-0.1, -0.05) is 97.9 Å². The molecule has 1 unspecified atom stereocenters. The van der Waals surface area contributed by atoms with E-state index in [0.717, 1.165) is 22.4 Å². The summed E-state index contributed by atoms with van der Waals surface area (Å²) >= 11 is 1.57. The van der Waals surface area contributed by atoms with Crippen molar-refractivity contribution in [1.29, 1.82) is 0 Å². The maximum atomic E-state index is 11.2. The number of aliphatic hydroxyl groups excluding tert-OH is 1. The van der Waals surface area contributed by atoms with Gasteiger partial charge in [-0.15, -0.1) is 11.8 Å². The van der Waals surface area contributed by atoms with Gasteiger partial charge in [-0.3, -0.25) is 0 Å². The maximum Gasteiger partial charge on any atom is 0.132 e. The molecule has 0 bridgehead atoms. The third kappa shape index (κ3) is 7.64. The predicted molar refractivity (Wildman–Crippen MR) is 139 cm³/mol. The molecule has 1 fully saturated rings. The number of aliphatic hydroxyl groups is 1. The van der Waals surface area contributed by atoms with Gasteiger partial charge in [0.15, 0.2) is 0 Å². The van der Waals surface area contributed by atoms with E-state index < -0.39 is 23.7 Å². The molecule has 6 heteroatoms. The van der Waals surface area contributed by atoms with Crippen LogP contribution in [0.15, 0.2) is 91.0 Å². The van der Waals surface area contributed by atoms with Crippen LogP contribution in [0.1, 0.15) is 23.6 Å². The number of ether oxygens (including phenoxy) is 4. The Balaban J connectivity index is 1.50. The molecule has 5 atom stereocenters. The van der Waals surface area contributed by atoms with Crippen molar-refractivity contribution in [3.8, 4) is 0 Å². The second kappa shape index (κ2) is 13.8. The highest BCUT2D eigenvalue weighted by Crippen LogP contribution is 2.33. The Hall–Kier alpha value is -2.19. The highest BCUT2D eigenvalue weighted by atomic mass is 32.2. The largest absolute Gasteiger partial charge is 0.387 e. The highest BCUT2D eigenvalue weighted by molar-refractivity contribution is 7.99. The van der Waals surface area contributed by atoms with E-state index in [0.29, 0.717) is 26.4 Å². The lowest BCUT2D eigenvalue weighted by atomic mass is 9.99. The standard InChI is InChI=1S/C29H34O5S/c1-2-35-29-26(30)28(33-20-24-16-10-5-11-17-24)27(32-19-23-14-8-4-9-15-23)25(34-29)21-31-18-22-12-6-3-7-13-22/h3-17,25-30H,2,18-21H2,1H3/t25-,26-,27-,28-,29?/m1/s1. The van der Waals surface area contributed by atoms with Crippen molar-refractivity contribution < 1.29 is 24.1 Å². The van der Waals surface area contributed by atoms with Crippen molar-refractivity contribution in [1.82, 2.24) is 0 Å². The van der Waals surface area contributed by atoms with E-state index in [4.69, 9.17) is 18.9 Å². The second-order valence-corrected chi connectivity index (χ2v) is 9.89. The predicted octanol–water partition coefficient (Wildman–Crippen LogP) is 5.21. The van der Waals surface area contributed by atoms with E-state index in [9.17, 15) is 5.11 Å². The van der Waals surface area contributed by atoms with Crippen LogP contribution in [0.4, 0.5) is 0 Å². The minimum Gasteiger partial charge on any atom is -0.387 e. The van der Waals surface area contributed by atoms with Gasteiger partial charge in [0, 0.05) is 0 Å². The SMILES string of the molecule is CCSC1O[C@H](COCc2ccccc2)[C@@H](OCc2ccccc2)[C@H](OCc2ccccc2)[C@H]1O. The van der Waals surface area contributed by atoms with E-state index in [1.54, 1.807) is 11.8 Å². The van der Waals surface area contributed by atoms with E-state index in [1.165, 1.54) is 0 Å². The number of rotatable bonds is 12. The Morgan fingerprint density at radius 3 is 1.71 bits per heavy atom. The summed E-state index contributed by atoms with van der Waals surface area (Å²) in [4.78, 5) is 0. The van der Waals surface area contributed by atoms with Crippen molar-refractivity contribution in [2.75, 3.05) is 12.4 Å². The maximum absolute atomic E-state index is 11.2. The topological polar surface area (TPSA) is 57.2 Å². The van der Waals surface area contributed by atoms with Crippen molar-refractivity contribution in [2.45, 2.75) is 56.6 Å². The first kappa shape index (κ1) is 25.9. The van der Waals surface area contributed by atoms with Gasteiger partial charge in [-0.2, -0.15) is 0 Å². The zero-order valence-corrected chi connectivity index (χ0v) is 20.9. The van der Waals surface area contributed by atoms with Crippen molar-refractivity contribution in [3.05, 3.63) is 108 Å². The molecule has 0 radical (unpaired) electrons. The summed E-state index contributed by atoms with van der Waals surface area (Å²) < 4.78 is 25.1. The molecule has 0 saturated carbocycles. The third-order valence-electron chi connectivity index (χ3n) is 5.91. The molecular weight excluding hydrogens is 460 g/mol. The first-order chi connectivity index (χ1) is 17.2. The fraction of sp³-hybridized carbons (Fsp3) is 0.379. The molecule has 0 aromatic heterocycles. The van der Waals surface area contributed by atoms with Crippen LogP contribution in [0, 0.1) is 0 Å². The van der Waals surface area contributed by atoms with Crippen molar-refractivity contribution >= 4 is 11.8 Å². The number of thioether (sulfide) groups is 1. The lowest BCUT2D eigenvalue weighted by Crippen LogP contribution is -2.59. The van der Waals surface area contributed by atoms with Crippen molar-refractivity contribution in [3.63, 3.8) is 0 Å². The molecule has 186 valence electrons. The average Bonchev–Trinajstić information content (AvgIpc) is 2.90. The molecule has 0 aliphatic carbocycles. The molecule has 0 spiro atoms. The van der Waals surface area contributed by atoms with Crippen LogP contribution in [-0.2, 0) is 38.8 Å². The summed E-state index contributed by atoms with van der Waals surface area (Å²) in [6.07, 6.45) is -2.24. The number of hydrogen-bond donors (Lipinski definition) is 1. The lowest BCUT2D eigenvalue weighted by molar-refractivity contribution is -0.243. The molecule has 3 aromatic carbocycles. The Bertz CT molecular complexity index is 972. The van der Waals surface area contributed by atoms with Crippen LogP contribution >= 0.6 is 11.8 Å². The quantitative estimate of drug-likeness (QED) is 0.373. The monoisotopic (exact) mass is 494 g/mol. The zero-order valence-electron chi connectivity index (χ0n) is 20.1. The summed E-state index contributed by atoms with van der Waals surface area (Å²) in [5.74, 6) is 0.820. The van der Waals surface area contributed by atoms with E-state index in [-0.39, 0.29) is 6.10 Å². The Morgan fingerprint density at radius 2 is 1.20 bits per heavy atom. The summed E-state index contributed by atoms with van der Waals surface area (Å²) in [6, 6.07) is 30.1. The first-order valence-electron chi connectivity index (χ1n) is 12.1. The lowest BCUT2D eigenvalue weighted by Gasteiger charge is -2.44. The molecule has 1 heterocycles. The normalized spacial score (nSPS) is 24.3. The number of hydrogen-bond acceptors (Lipinski definition) is 6. The molecule has 0 amide bonds. The Kier molecular flexibility index (Phi) is 10.2. The van der Waals surface area contributed by atoms with Crippen LogP contribution < -0.4 is 0 Å². The van der Waals surface area contributed by atoms with Gasteiger partial charge >= 0.3 is 0 Å². The summed E-state index contributed by atoms with van der Waals surface area (Å²) in [5, 5.41) is 11.2. The minimum absolute atomic E-state index is 0.340.